The summed E-state index contributed by atoms with van der Waals surface area (Å²) in [6.45, 7) is 6.65. The van der Waals surface area contributed by atoms with Gasteiger partial charge in [0.05, 0.1) is 40.7 Å². The average molecular weight is 596 g/mol. The Labute approximate surface area is 252 Å². The van der Waals surface area contributed by atoms with E-state index in [4.69, 9.17) is 27.0 Å². The normalized spacial score (nSPS) is 20.2. The van der Waals surface area contributed by atoms with Crippen molar-refractivity contribution in [3.63, 3.8) is 0 Å². The lowest BCUT2D eigenvalue weighted by Gasteiger charge is -2.30. The summed E-state index contributed by atoms with van der Waals surface area (Å²) in [5.41, 5.74) is 20.8. The number of aryl methyl sites for hydroxylation is 1. The molecule has 1 saturated carbocycles. The minimum absolute atomic E-state index is 0.0476. The van der Waals surface area contributed by atoms with Crippen molar-refractivity contribution in [3.05, 3.63) is 40.7 Å². The second kappa shape index (κ2) is 13.7. The number of aromatic nitrogens is 2. The maximum Gasteiger partial charge on any atom is 0.307 e. The first-order chi connectivity index (χ1) is 20.4. The number of hydrogen-bond acceptors (Lipinski definition) is 9. The van der Waals surface area contributed by atoms with E-state index in [-0.39, 0.29) is 48.2 Å². The molecule has 8 N–H and O–H groups in total. The molecule has 2 amide bonds. The first-order valence-corrected chi connectivity index (χ1v) is 15.1. The van der Waals surface area contributed by atoms with Crippen LogP contribution >= 0.6 is 0 Å². The van der Waals surface area contributed by atoms with Crippen molar-refractivity contribution < 1.29 is 23.9 Å². The number of benzene rings is 1. The van der Waals surface area contributed by atoms with Crippen molar-refractivity contribution in [2.75, 3.05) is 18.4 Å². The van der Waals surface area contributed by atoms with Crippen LogP contribution in [0.25, 0.3) is 5.69 Å². The third-order valence-electron chi connectivity index (χ3n) is 8.25. The molecule has 0 saturated heterocycles. The predicted octanol–water partition coefficient (Wildman–Crippen LogP) is 2.27. The van der Waals surface area contributed by atoms with Crippen LogP contribution in [-0.2, 0) is 20.7 Å². The van der Waals surface area contributed by atoms with Crippen LogP contribution in [0.2, 0.25) is 0 Å². The van der Waals surface area contributed by atoms with Crippen LogP contribution in [0.5, 0.6) is 0 Å². The number of hydrogen-bond donors (Lipinski definition) is 5. The molecule has 12 heteroatoms. The van der Waals surface area contributed by atoms with Crippen LogP contribution in [0.4, 0.5) is 5.69 Å². The van der Waals surface area contributed by atoms with Gasteiger partial charge in [0.25, 0.3) is 5.91 Å². The van der Waals surface area contributed by atoms with Crippen LogP contribution in [0.3, 0.4) is 0 Å². The maximum atomic E-state index is 12.9. The SMILES string of the molecule is Cc1nn(-c2ccc(C(N)=O)c(NC3CCC(OC(=O)CCNC(=O)[C@@H](N)CCCN)CC3)c2)c2c1C(=O)CC(C)(C)C2. The van der Waals surface area contributed by atoms with Gasteiger partial charge in [0, 0.05) is 24.7 Å². The Bertz CT molecular complexity index is 1360. The van der Waals surface area contributed by atoms with E-state index in [1.165, 1.54) is 0 Å². The number of ketones is 1. The van der Waals surface area contributed by atoms with Gasteiger partial charge in [-0.05, 0) is 82.0 Å². The number of nitrogens with one attached hydrogen (secondary N) is 2. The number of fused-ring (bicyclic) bond motifs is 1. The molecule has 1 atom stereocenters. The third-order valence-corrected chi connectivity index (χ3v) is 8.25. The van der Waals surface area contributed by atoms with Crippen LogP contribution in [0, 0.1) is 12.3 Å². The summed E-state index contributed by atoms with van der Waals surface area (Å²) in [5.74, 6) is -1.10. The zero-order valence-corrected chi connectivity index (χ0v) is 25.4. The average Bonchev–Trinajstić information content (AvgIpc) is 3.27. The summed E-state index contributed by atoms with van der Waals surface area (Å²) in [6, 6.07) is 4.77. The largest absolute Gasteiger partial charge is 0.462 e. The molecule has 0 spiro atoms. The van der Waals surface area contributed by atoms with Crippen molar-refractivity contribution in [2.45, 2.75) is 96.7 Å². The number of anilines is 1. The van der Waals surface area contributed by atoms with E-state index < -0.39 is 11.9 Å². The van der Waals surface area contributed by atoms with Gasteiger partial charge in [-0.15, -0.1) is 0 Å². The Morgan fingerprint density at radius 1 is 1.16 bits per heavy atom. The van der Waals surface area contributed by atoms with Gasteiger partial charge in [-0.2, -0.15) is 5.10 Å². The third kappa shape index (κ3) is 7.99. The second-order valence-electron chi connectivity index (χ2n) is 12.5. The van der Waals surface area contributed by atoms with Gasteiger partial charge < -0.3 is 32.6 Å². The lowest BCUT2D eigenvalue weighted by molar-refractivity contribution is -0.150. The second-order valence-corrected chi connectivity index (χ2v) is 12.5. The number of amides is 2. The Balaban J connectivity index is 1.35. The highest BCUT2D eigenvalue weighted by Crippen LogP contribution is 2.37. The zero-order valence-electron chi connectivity index (χ0n) is 25.4. The van der Waals surface area contributed by atoms with E-state index in [9.17, 15) is 19.2 Å². The Hall–Kier alpha value is -3.77. The molecule has 234 valence electrons. The number of Topliss-reactive ketones (excluding diaryl/α,β-unsaturated/α-hetero) is 1. The Morgan fingerprint density at radius 2 is 1.88 bits per heavy atom. The quantitative estimate of drug-likeness (QED) is 0.229. The summed E-state index contributed by atoms with van der Waals surface area (Å²) in [6.07, 6.45) is 5.00. The standard InChI is InChI=1S/C31H45N7O5/c1-18-28-25(16-31(2,3)17-26(28)39)38(37-18)20-8-11-22(29(34)41)24(15-20)36-19-6-9-21(10-7-19)43-27(40)12-14-35-30(42)23(33)5-4-13-32/h8,11,15,19,21,23,36H,4-7,9-10,12-14,16-17,32-33H2,1-3H3,(H2,34,41)(H,35,42)/t19?,21?,23-/m0/s1. The molecule has 2 aliphatic rings. The molecule has 2 aliphatic carbocycles. The number of rotatable bonds is 12. The first kappa shape index (κ1) is 32.2. The molecule has 0 unspecified atom stereocenters. The molecule has 12 nitrogen and oxygen atoms in total. The van der Waals surface area contributed by atoms with Gasteiger partial charge in [-0.1, -0.05) is 13.8 Å². The molecular weight excluding hydrogens is 550 g/mol. The fourth-order valence-corrected chi connectivity index (χ4v) is 6.03. The number of primary amides is 1. The molecule has 1 fully saturated rings. The number of carbonyl (C=O) groups is 4. The lowest BCUT2D eigenvalue weighted by atomic mass is 9.75. The predicted molar refractivity (Wildman–Crippen MR) is 163 cm³/mol. The highest BCUT2D eigenvalue weighted by Gasteiger charge is 2.36. The molecule has 0 radical (unpaired) electrons. The van der Waals surface area contributed by atoms with Gasteiger partial charge in [-0.3, -0.25) is 19.2 Å². The summed E-state index contributed by atoms with van der Waals surface area (Å²) >= 11 is 0. The molecule has 1 heterocycles. The summed E-state index contributed by atoms with van der Waals surface area (Å²) < 4.78 is 7.45. The highest BCUT2D eigenvalue weighted by atomic mass is 16.5. The fourth-order valence-electron chi connectivity index (χ4n) is 6.03. The minimum Gasteiger partial charge on any atom is -0.462 e. The van der Waals surface area contributed by atoms with Crippen molar-refractivity contribution in [2.24, 2.45) is 22.6 Å². The van der Waals surface area contributed by atoms with Gasteiger partial charge in [0.15, 0.2) is 5.78 Å². The fraction of sp³-hybridized carbons (Fsp3) is 0.581. The zero-order chi connectivity index (χ0) is 31.3. The molecule has 0 aliphatic heterocycles. The van der Waals surface area contributed by atoms with E-state index in [1.807, 2.05) is 17.7 Å². The van der Waals surface area contributed by atoms with Gasteiger partial charge in [-0.25, -0.2) is 4.68 Å². The van der Waals surface area contributed by atoms with Crippen molar-refractivity contribution in [1.82, 2.24) is 15.1 Å². The van der Waals surface area contributed by atoms with Crippen molar-refractivity contribution in [1.29, 1.82) is 0 Å². The lowest BCUT2D eigenvalue weighted by Crippen LogP contribution is -2.41. The van der Waals surface area contributed by atoms with Crippen molar-refractivity contribution in [3.8, 4) is 5.69 Å². The summed E-state index contributed by atoms with van der Waals surface area (Å²) in [4.78, 5) is 49.5. The number of carbonyl (C=O) groups excluding carboxylic acids is 4. The summed E-state index contributed by atoms with van der Waals surface area (Å²) in [5, 5.41) is 10.9. The van der Waals surface area contributed by atoms with E-state index >= 15 is 0 Å². The number of nitrogens with two attached hydrogens (primary N) is 3. The number of esters is 1. The molecule has 1 aromatic heterocycles. The first-order valence-electron chi connectivity index (χ1n) is 15.1. The Kier molecular flexibility index (Phi) is 10.2. The van der Waals surface area contributed by atoms with E-state index in [2.05, 4.69) is 24.5 Å². The van der Waals surface area contributed by atoms with E-state index in [0.29, 0.717) is 67.6 Å². The smallest absolute Gasteiger partial charge is 0.307 e. The number of ether oxygens (including phenoxy) is 1. The minimum atomic E-state index is -0.636. The molecular formula is C31H45N7O5. The molecule has 43 heavy (non-hydrogen) atoms. The van der Waals surface area contributed by atoms with Crippen molar-refractivity contribution >= 4 is 29.3 Å². The highest BCUT2D eigenvalue weighted by molar-refractivity contribution is 6.00. The van der Waals surface area contributed by atoms with Crippen LogP contribution in [-0.4, -0.2) is 64.6 Å². The topological polar surface area (TPSA) is 197 Å². The van der Waals surface area contributed by atoms with Crippen LogP contribution in [0.15, 0.2) is 18.2 Å². The van der Waals surface area contributed by atoms with E-state index in [1.54, 1.807) is 12.1 Å². The Morgan fingerprint density at radius 3 is 2.56 bits per heavy atom. The molecule has 1 aromatic carbocycles. The van der Waals surface area contributed by atoms with Crippen LogP contribution < -0.4 is 27.8 Å². The summed E-state index contributed by atoms with van der Waals surface area (Å²) in [7, 11) is 0. The molecule has 2 aromatic rings. The van der Waals surface area contributed by atoms with Crippen LogP contribution in [0.1, 0.15) is 97.3 Å². The van der Waals surface area contributed by atoms with Gasteiger partial charge >= 0.3 is 5.97 Å². The molecule has 4 rings (SSSR count). The van der Waals surface area contributed by atoms with Gasteiger partial charge in [0.1, 0.15) is 6.10 Å². The van der Waals surface area contributed by atoms with E-state index in [0.717, 1.165) is 24.2 Å². The molecule has 0 bridgehead atoms. The maximum absolute atomic E-state index is 12.9. The number of nitrogens with zero attached hydrogens (tertiary/aromatic N) is 2. The monoisotopic (exact) mass is 595 g/mol. The van der Waals surface area contributed by atoms with Gasteiger partial charge in [0.2, 0.25) is 5.91 Å².